The van der Waals surface area contributed by atoms with E-state index in [0.29, 0.717) is 0 Å². The number of hydrogen-bond donors (Lipinski definition) is 25. The second-order valence-corrected chi connectivity index (χ2v) is 25.4. The van der Waals surface area contributed by atoms with Gasteiger partial charge >= 0.3 is 0 Å². The van der Waals surface area contributed by atoms with E-state index < -0.39 is 315 Å². The molecule has 25 N–H and O–H groups in total. The van der Waals surface area contributed by atoms with E-state index in [2.05, 4.69) is 21.3 Å². The lowest BCUT2D eigenvalue weighted by molar-refractivity contribution is -0.396. The highest BCUT2D eigenvalue weighted by Crippen LogP contribution is 2.38. The van der Waals surface area contributed by atoms with Gasteiger partial charge in [-0.2, -0.15) is 0 Å². The predicted octanol–water partition coefficient (Wildman–Crippen LogP) is -16.8. The van der Waals surface area contributed by atoms with Crippen LogP contribution in [0.5, 0.6) is 0 Å². The average molecular weight is 1460 g/mol. The van der Waals surface area contributed by atoms with Gasteiger partial charge in [-0.1, -0.05) is 0 Å². The van der Waals surface area contributed by atoms with Crippen LogP contribution in [0, 0.1) is 0 Å². The summed E-state index contributed by atoms with van der Waals surface area (Å²) in [6, 6.07) is -7.10. The fourth-order valence-electron chi connectivity index (χ4n) is 12.8. The molecule has 0 bridgehead atoms. The Bertz CT molecular complexity index is 2620. The van der Waals surface area contributed by atoms with E-state index in [9.17, 15) is 126 Å². The van der Waals surface area contributed by atoms with Crippen molar-refractivity contribution < 1.29 is 197 Å². The van der Waals surface area contributed by atoms with E-state index in [-0.39, 0.29) is 0 Å². The first-order valence-electron chi connectivity index (χ1n) is 32.0. The molecule has 8 saturated heterocycles. The molecule has 0 radical (unpaired) electrons. The Hall–Kier alpha value is -3.56. The molecular formula is C56H94N4O40. The van der Waals surface area contributed by atoms with Gasteiger partial charge in [-0.3, -0.25) is 19.2 Å². The van der Waals surface area contributed by atoms with E-state index in [0.717, 1.165) is 27.7 Å². The molecule has 0 aromatic rings. The number of aliphatic hydroxyl groups is 21. The van der Waals surface area contributed by atoms with E-state index >= 15 is 0 Å². The lowest BCUT2D eigenvalue weighted by Gasteiger charge is -2.51. The van der Waals surface area contributed by atoms with E-state index in [4.69, 9.17) is 71.1 Å². The third-order valence-electron chi connectivity index (χ3n) is 18.2. The van der Waals surface area contributed by atoms with Crippen LogP contribution < -0.4 is 21.3 Å². The van der Waals surface area contributed by atoms with Gasteiger partial charge in [-0.15, -0.1) is 0 Å². The Morgan fingerprint density at radius 2 is 0.620 bits per heavy atom. The molecule has 578 valence electrons. The Kier molecular flexibility index (Phi) is 29.3. The molecule has 100 heavy (non-hydrogen) atoms. The van der Waals surface area contributed by atoms with Crippen molar-refractivity contribution >= 4 is 23.6 Å². The van der Waals surface area contributed by atoms with Crippen LogP contribution in [0.15, 0.2) is 0 Å². The number of hydrogen-bond acceptors (Lipinski definition) is 40. The molecule has 0 aromatic heterocycles. The number of nitrogens with one attached hydrogen (secondary N) is 4. The fraction of sp³-hybridized carbons (Fsp3) is 0.929. The summed E-state index contributed by atoms with van der Waals surface area (Å²) in [5, 5.41) is 242. The summed E-state index contributed by atoms with van der Waals surface area (Å²) in [6.45, 7) is -1.92. The molecule has 4 amide bonds. The van der Waals surface area contributed by atoms with Crippen molar-refractivity contribution in [3.63, 3.8) is 0 Å². The summed E-state index contributed by atoms with van der Waals surface area (Å²) in [4.78, 5) is 50.2. The largest absolute Gasteiger partial charge is 0.394 e. The summed E-state index contributed by atoms with van der Waals surface area (Å²) in [5.74, 6) is -3.42. The lowest BCUT2D eigenvalue weighted by Crippen LogP contribution is -2.71. The van der Waals surface area contributed by atoms with Crippen molar-refractivity contribution in [2.75, 3.05) is 46.2 Å². The second kappa shape index (κ2) is 35.7. The van der Waals surface area contributed by atoms with Crippen molar-refractivity contribution in [1.29, 1.82) is 0 Å². The van der Waals surface area contributed by atoms with Crippen molar-refractivity contribution in [2.24, 2.45) is 0 Å². The highest BCUT2D eigenvalue weighted by atomic mass is 16.8. The SMILES string of the molecule is CC(=O)N[C@@H]1[C@@H](O)[C@H](O[C@@H]2O[C@H](CO)[C@@H](O[C@@H]3O[C@H](CO[C@H]4O[C@H](CO)[C@@H](O)[C@H](O)[C@@H]4O[C@@H]4O[C@H](CO)[C@@H](O)[C@H](O)[C@H]4NC(C)=O)[C@@H](O)[C@H](O[C@H]4O[C@H](CO)[C@@H](O)[C@H](O)[C@@H]4O[C@@H]4O[C@H](CO)[C@@H](O)[C@H](O)[C@H]4NC(C)=O)[C@@H]3O)[C@H](O)[C@H]2NC(C)=O)[C@@H](CO[C@H]2O[C@@H](C)[C@@H](O)[C@@H](O)[C@@H]2O)O[C@H]1O. The van der Waals surface area contributed by atoms with Gasteiger partial charge in [0.15, 0.2) is 50.3 Å². The van der Waals surface area contributed by atoms with Gasteiger partial charge < -0.3 is 200 Å². The second-order valence-electron chi connectivity index (χ2n) is 25.4. The molecule has 0 aromatic carbocycles. The van der Waals surface area contributed by atoms with Crippen LogP contribution in [-0.4, -0.2) is 423 Å². The monoisotopic (exact) mass is 1460 g/mol. The highest BCUT2D eigenvalue weighted by Gasteiger charge is 2.60. The quantitative estimate of drug-likeness (QED) is 0.0404. The van der Waals surface area contributed by atoms with Gasteiger partial charge in [0.1, 0.15) is 189 Å². The van der Waals surface area contributed by atoms with Gasteiger partial charge in [0, 0.05) is 27.7 Å². The molecular weight excluding hydrogens is 1370 g/mol. The summed E-state index contributed by atoms with van der Waals surface area (Å²) in [6.07, 6.45) is -71.6. The summed E-state index contributed by atoms with van der Waals surface area (Å²) < 4.78 is 88.8. The van der Waals surface area contributed by atoms with Crippen LogP contribution >= 0.6 is 0 Å². The van der Waals surface area contributed by atoms with E-state index in [1.165, 1.54) is 6.92 Å². The molecule has 0 saturated carbocycles. The molecule has 8 heterocycles. The first kappa shape index (κ1) is 82.1. The minimum Gasteiger partial charge on any atom is -0.394 e. The van der Waals surface area contributed by atoms with Crippen LogP contribution in [0.3, 0.4) is 0 Å². The number of amides is 4. The smallest absolute Gasteiger partial charge is 0.217 e. The van der Waals surface area contributed by atoms with E-state index in [1.54, 1.807) is 0 Å². The standard InChI is InChI=1S/C56H94N4O40/c1-13-29(70)39(80)42(83)53(88-13)86-12-24-45(37(78)25(49(85)89-24)57-14(2)66)96-52-28(60-17(5)69)38(79)44(22(10-65)94-52)97-54-43(84)46(98-56-48(41(82)33(74)21(9-64)93-56)100-51-27(59-16(4)68)36(77)31(72)19(7-62)91-51)34(75)23(95-54)11-87-55-47(40(81)32(73)20(8-63)92-55)99-50-26(58-15(3)67)35(76)30(71)18(6-61)90-50/h13,18-56,61-65,70-85H,6-12H2,1-5H3,(H,57,66)(H,58,67)(H,59,68)(H,60,69)/t13-,18+,19+,20+,21+,22+,23+,24+,25+,26+,27+,28+,29+,30+,31+,32+,33+,34+,35+,36+,37+,38+,39+,40-,41-,42-,43-,44+,45+,46-,47-,48-,49+,50-,51-,52-,53-,54-,55-,56+/m0/s1. The topological polar surface area (TPSA) is 680 Å². The number of carbonyl (C=O) groups excluding carboxylic acids is 4. The Morgan fingerprint density at radius 1 is 0.280 bits per heavy atom. The maximum atomic E-state index is 13.1. The van der Waals surface area contributed by atoms with Crippen LogP contribution in [-0.2, 0) is 90.2 Å². The maximum Gasteiger partial charge on any atom is 0.217 e. The first-order chi connectivity index (χ1) is 47.2. The number of rotatable bonds is 25. The molecule has 0 spiro atoms. The third kappa shape index (κ3) is 18.3. The minimum atomic E-state index is -2.50. The van der Waals surface area contributed by atoms with Crippen molar-refractivity contribution in [2.45, 2.75) is 280 Å². The Balaban J connectivity index is 1.14. The maximum absolute atomic E-state index is 13.1. The normalized spacial score (nSPS) is 48.7. The van der Waals surface area contributed by atoms with Gasteiger partial charge in [0.25, 0.3) is 0 Å². The molecule has 44 nitrogen and oxygen atoms in total. The molecule has 8 aliphatic rings. The zero-order chi connectivity index (χ0) is 73.8. The van der Waals surface area contributed by atoms with Gasteiger partial charge in [0.2, 0.25) is 23.6 Å². The Labute approximate surface area is 567 Å². The molecule has 8 fully saturated rings. The molecule has 8 aliphatic heterocycles. The highest BCUT2D eigenvalue weighted by molar-refractivity contribution is 5.74. The van der Waals surface area contributed by atoms with Gasteiger partial charge in [0.05, 0.1) is 52.4 Å². The predicted molar refractivity (Wildman–Crippen MR) is 309 cm³/mol. The number of aliphatic hydroxyl groups excluding tert-OH is 21. The molecule has 8 rings (SSSR count). The Morgan fingerprint density at radius 3 is 1.09 bits per heavy atom. The first-order valence-corrected chi connectivity index (χ1v) is 32.0. The van der Waals surface area contributed by atoms with Crippen LogP contribution in [0.25, 0.3) is 0 Å². The molecule has 0 aliphatic carbocycles. The summed E-state index contributed by atoms with van der Waals surface area (Å²) >= 11 is 0. The zero-order valence-corrected chi connectivity index (χ0v) is 54.2. The number of carbonyl (C=O) groups is 4. The van der Waals surface area contributed by atoms with Crippen LogP contribution in [0.1, 0.15) is 34.6 Å². The molecule has 40 atom stereocenters. The van der Waals surface area contributed by atoms with Gasteiger partial charge in [-0.05, 0) is 6.92 Å². The average Bonchev–Trinajstić information content (AvgIpc) is 0.770. The van der Waals surface area contributed by atoms with Gasteiger partial charge in [-0.25, -0.2) is 0 Å². The molecule has 44 heteroatoms. The third-order valence-corrected chi connectivity index (χ3v) is 18.2. The van der Waals surface area contributed by atoms with Crippen molar-refractivity contribution in [1.82, 2.24) is 21.3 Å². The summed E-state index contributed by atoms with van der Waals surface area (Å²) in [5.41, 5.74) is 0. The van der Waals surface area contributed by atoms with E-state index in [1.807, 2.05) is 0 Å². The van der Waals surface area contributed by atoms with Crippen LogP contribution in [0.4, 0.5) is 0 Å². The van der Waals surface area contributed by atoms with Crippen molar-refractivity contribution in [3.8, 4) is 0 Å². The number of ether oxygens (including phenoxy) is 15. The van der Waals surface area contributed by atoms with Crippen molar-refractivity contribution in [3.05, 3.63) is 0 Å². The zero-order valence-electron chi connectivity index (χ0n) is 54.2. The lowest BCUT2D eigenvalue weighted by atomic mass is 9.93. The van der Waals surface area contributed by atoms with Crippen LogP contribution in [0.2, 0.25) is 0 Å². The summed E-state index contributed by atoms with van der Waals surface area (Å²) in [7, 11) is 0. The fourth-order valence-corrected chi connectivity index (χ4v) is 12.8. The molecule has 0 unspecified atom stereocenters. The minimum absolute atomic E-state index is 0.809.